The van der Waals surface area contributed by atoms with Gasteiger partial charge in [-0.3, -0.25) is 19.2 Å². The number of aliphatic hydroxyl groups is 3. The third-order valence-electron chi connectivity index (χ3n) is 13.7. The van der Waals surface area contributed by atoms with Crippen molar-refractivity contribution in [3.63, 3.8) is 0 Å². The lowest BCUT2D eigenvalue weighted by Gasteiger charge is -2.67. The molecule has 3 aromatic rings. The lowest BCUT2D eigenvalue weighted by molar-refractivity contribution is -0.345. The first kappa shape index (κ1) is 45.9. The number of amides is 1. The van der Waals surface area contributed by atoms with Crippen LogP contribution in [0.25, 0.3) is 0 Å². The number of hydrogen-bond acceptors (Lipinski definition) is 13. The van der Waals surface area contributed by atoms with Gasteiger partial charge in [-0.05, 0) is 61.7 Å². The van der Waals surface area contributed by atoms with Crippen molar-refractivity contribution in [2.45, 2.75) is 102 Å². The molecule has 7 rings (SSSR count). The predicted octanol–water partition coefficient (Wildman–Crippen LogP) is 3.18. The van der Waals surface area contributed by atoms with Crippen LogP contribution in [0.4, 0.5) is 0 Å². The predicted molar refractivity (Wildman–Crippen MR) is 220 cm³/mol. The minimum absolute atomic E-state index is 0. The summed E-state index contributed by atoms with van der Waals surface area (Å²) >= 11 is 0. The summed E-state index contributed by atoms with van der Waals surface area (Å²) in [6, 6.07) is 23.1. The monoisotopic (exact) mass is 855 g/mol. The van der Waals surface area contributed by atoms with Crippen LogP contribution in [0.3, 0.4) is 0 Å². The Morgan fingerprint density at radius 1 is 0.855 bits per heavy atom. The standard InChI is InChI=1S/C47H51NO13.H2O/c1-25-31(59-43(56)37(52)36(28-16-10-7-11-17-28)48-41(54)29-18-12-8-13-19-29)23-47(57)40(60-42(55)30-20-14-9-15-21-30)38-45(6,39(53)34(26(2)49)35(25)44(47,4)5)32(51)22-33-46(38,24-58-33)61-27(3)50;/h7-21,31-34,36-38,40,51-52,57H,22-24H2,1-6H3,(H,48,54);1H2/t31?,32-,33?,34+,36-,37+,38-,40-,45?,46-,47+;/m0./s1. The topological polar surface area (TPSA) is 244 Å². The van der Waals surface area contributed by atoms with E-state index >= 15 is 4.79 Å². The van der Waals surface area contributed by atoms with Crippen molar-refractivity contribution in [1.29, 1.82) is 0 Å². The van der Waals surface area contributed by atoms with Gasteiger partial charge in [-0.25, -0.2) is 9.59 Å². The van der Waals surface area contributed by atoms with Crippen molar-refractivity contribution < 1.29 is 68.5 Å². The van der Waals surface area contributed by atoms with E-state index in [-0.39, 0.29) is 40.8 Å². The normalized spacial score (nSPS) is 31.7. The van der Waals surface area contributed by atoms with Crippen LogP contribution < -0.4 is 5.32 Å². The van der Waals surface area contributed by atoms with Crippen LogP contribution in [0.5, 0.6) is 0 Å². The summed E-state index contributed by atoms with van der Waals surface area (Å²) < 4.78 is 24.4. The van der Waals surface area contributed by atoms with Gasteiger partial charge in [-0.15, -0.1) is 0 Å². The van der Waals surface area contributed by atoms with Crippen molar-refractivity contribution in [1.82, 2.24) is 5.32 Å². The second-order valence-corrected chi connectivity index (χ2v) is 17.4. The van der Waals surface area contributed by atoms with E-state index in [1.165, 1.54) is 26.0 Å². The van der Waals surface area contributed by atoms with Crippen molar-refractivity contribution in [3.8, 4) is 0 Å². The molecular weight excluding hydrogens is 803 g/mol. The van der Waals surface area contributed by atoms with E-state index in [4.69, 9.17) is 18.9 Å². The van der Waals surface area contributed by atoms with Gasteiger partial charge < -0.3 is 45.1 Å². The molecule has 330 valence electrons. The van der Waals surface area contributed by atoms with Gasteiger partial charge in [-0.2, -0.15) is 0 Å². The summed E-state index contributed by atoms with van der Waals surface area (Å²) in [6.45, 7) is 8.23. The van der Waals surface area contributed by atoms with Crippen LogP contribution in [0.1, 0.15) is 86.7 Å². The number of nitrogens with one attached hydrogen (secondary N) is 1. The van der Waals surface area contributed by atoms with Crippen LogP contribution in [0, 0.1) is 22.7 Å². The summed E-state index contributed by atoms with van der Waals surface area (Å²) in [5.74, 6) is -8.05. The molecule has 6 N–H and O–H groups in total. The Morgan fingerprint density at radius 2 is 1.42 bits per heavy atom. The second kappa shape index (κ2) is 16.9. The highest BCUT2D eigenvalue weighted by molar-refractivity contribution is 6.08. The number of rotatable bonds is 10. The summed E-state index contributed by atoms with van der Waals surface area (Å²) in [4.78, 5) is 84.4. The van der Waals surface area contributed by atoms with Gasteiger partial charge in [0.05, 0.1) is 41.6 Å². The highest BCUT2D eigenvalue weighted by atomic mass is 16.6. The van der Waals surface area contributed by atoms with E-state index in [2.05, 4.69) is 5.32 Å². The molecule has 1 saturated heterocycles. The smallest absolute Gasteiger partial charge is 0.338 e. The molecule has 3 aliphatic carbocycles. The molecule has 3 unspecified atom stereocenters. The van der Waals surface area contributed by atoms with E-state index in [9.17, 15) is 39.3 Å². The summed E-state index contributed by atoms with van der Waals surface area (Å²) in [5, 5.41) is 40.2. The van der Waals surface area contributed by atoms with E-state index in [0.717, 1.165) is 6.92 Å². The average molecular weight is 856 g/mol. The molecule has 1 aliphatic heterocycles. The van der Waals surface area contributed by atoms with Gasteiger partial charge in [0.25, 0.3) is 5.91 Å². The molecule has 15 nitrogen and oxygen atoms in total. The zero-order valence-corrected chi connectivity index (χ0v) is 35.3. The van der Waals surface area contributed by atoms with Crippen molar-refractivity contribution in [2.24, 2.45) is 22.7 Å². The molecule has 3 aromatic carbocycles. The summed E-state index contributed by atoms with van der Waals surface area (Å²) in [6.07, 6.45) is -8.50. The van der Waals surface area contributed by atoms with Crippen LogP contribution in [0.2, 0.25) is 0 Å². The zero-order valence-electron chi connectivity index (χ0n) is 35.3. The number of ketones is 2. The maximum Gasteiger partial charge on any atom is 0.338 e. The van der Waals surface area contributed by atoms with Gasteiger partial charge in [0, 0.05) is 30.7 Å². The van der Waals surface area contributed by atoms with Crippen LogP contribution in [-0.4, -0.2) is 105 Å². The number of carbonyl (C=O) groups is 6. The lowest BCUT2D eigenvalue weighted by Crippen LogP contribution is -2.81. The summed E-state index contributed by atoms with van der Waals surface area (Å²) in [5.41, 5.74) is -6.70. The fourth-order valence-corrected chi connectivity index (χ4v) is 10.4. The van der Waals surface area contributed by atoms with Crippen molar-refractivity contribution >= 4 is 35.4 Å². The molecule has 15 heteroatoms. The molecule has 1 amide bonds. The molecule has 0 radical (unpaired) electrons. The largest absolute Gasteiger partial charge is 0.456 e. The van der Waals surface area contributed by atoms with Gasteiger partial charge in [0.1, 0.15) is 29.7 Å². The van der Waals surface area contributed by atoms with E-state index < -0.39 is 112 Å². The third-order valence-corrected chi connectivity index (χ3v) is 13.7. The van der Waals surface area contributed by atoms with E-state index in [1.54, 1.807) is 99.6 Å². The SMILES string of the molecule is CC(=O)O[C@@]12COC1C[C@H](O)C1(C)C(=O)[C@H](C(C)=O)C3=C(C)C(OC(=O)[C@H](O)[C@@H](NC(=O)c4ccccc4)c4ccccc4)C[C@@](O)([C@@H](OC(=O)c4ccccc4)[C@@H]12)C3(C)C.O. The number of benzene rings is 3. The Morgan fingerprint density at radius 3 is 1.95 bits per heavy atom. The first-order valence-corrected chi connectivity index (χ1v) is 20.3. The quantitative estimate of drug-likeness (QED) is 0.0993. The number of hydrogen-bond donors (Lipinski definition) is 4. The lowest BCUT2D eigenvalue weighted by atomic mass is 9.43. The Bertz CT molecular complexity index is 2260. The third kappa shape index (κ3) is 7.34. The fourth-order valence-electron chi connectivity index (χ4n) is 10.4. The number of fused-ring (bicyclic) bond motifs is 5. The number of ether oxygens (including phenoxy) is 4. The van der Waals surface area contributed by atoms with E-state index in [0.29, 0.717) is 5.56 Å². The molecule has 62 heavy (non-hydrogen) atoms. The van der Waals surface area contributed by atoms with Gasteiger partial charge in [-0.1, -0.05) is 80.6 Å². The van der Waals surface area contributed by atoms with Gasteiger partial charge in [0.2, 0.25) is 0 Å². The molecule has 0 spiro atoms. The minimum atomic E-state index is -2.35. The van der Waals surface area contributed by atoms with Crippen LogP contribution >= 0.6 is 0 Å². The molecule has 4 aliphatic rings. The first-order valence-electron chi connectivity index (χ1n) is 20.3. The number of Topliss-reactive ketones (excluding diaryl/α,β-unsaturated/α-hetero) is 2. The molecule has 11 atom stereocenters. The average Bonchev–Trinajstić information content (AvgIpc) is 3.23. The molecule has 0 aromatic heterocycles. The first-order chi connectivity index (χ1) is 28.8. The maximum atomic E-state index is 15.4. The minimum Gasteiger partial charge on any atom is -0.456 e. The fraction of sp³-hybridized carbons (Fsp3) is 0.447. The second-order valence-electron chi connectivity index (χ2n) is 17.4. The Balaban J connectivity index is 0.00000641. The highest BCUT2D eigenvalue weighted by Crippen LogP contribution is 2.65. The van der Waals surface area contributed by atoms with Crippen LogP contribution in [0.15, 0.2) is 102 Å². The van der Waals surface area contributed by atoms with Crippen molar-refractivity contribution in [2.75, 3.05) is 6.61 Å². The van der Waals surface area contributed by atoms with Crippen molar-refractivity contribution in [3.05, 3.63) is 119 Å². The molecular formula is C47H53NO14. The summed E-state index contributed by atoms with van der Waals surface area (Å²) in [7, 11) is 0. The Kier molecular flexibility index (Phi) is 12.6. The zero-order chi connectivity index (χ0) is 44.2. The molecule has 1 heterocycles. The Hall–Kier alpha value is -5.58. The number of aliphatic hydroxyl groups excluding tert-OH is 2. The van der Waals surface area contributed by atoms with Gasteiger partial charge >= 0.3 is 17.9 Å². The maximum absolute atomic E-state index is 15.4. The number of carbonyl (C=O) groups excluding carboxylic acids is 6. The van der Waals surface area contributed by atoms with E-state index in [1.807, 2.05) is 0 Å². The Labute approximate surface area is 358 Å². The molecule has 3 fully saturated rings. The molecule has 2 bridgehead atoms. The molecule has 2 saturated carbocycles. The highest BCUT2D eigenvalue weighted by Gasteiger charge is 2.78. The van der Waals surface area contributed by atoms with Gasteiger partial charge in [0.15, 0.2) is 17.5 Å². The van der Waals surface area contributed by atoms with Crippen LogP contribution in [-0.2, 0) is 38.1 Å². The number of esters is 3.